The van der Waals surface area contributed by atoms with Crippen LogP contribution in [0, 0.1) is 0 Å². The lowest BCUT2D eigenvalue weighted by atomic mass is 10.1. The van der Waals surface area contributed by atoms with E-state index in [1.165, 1.54) is 11.8 Å². The Bertz CT molecular complexity index is 597. The van der Waals surface area contributed by atoms with Crippen molar-refractivity contribution >= 4 is 23.4 Å². The Kier molecular flexibility index (Phi) is 3.47. The number of nitrogens with zero attached hydrogens (tertiary/aromatic N) is 4. The Balaban J connectivity index is 1.84. The van der Waals surface area contributed by atoms with Gasteiger partial charge in [-0.25, -0.2) is 4.68 Å². The van der Waals surface area contributed by atoms with Crippen LogP contribution in [0.1, 0.15) is 37.5 Å². The van der Waals surface area contributed by atoms with Crippen LogP contribution >= 0.6 is 23.4 Å². The molecule has 1 aliphatic carbocycles. The van der Waals surface area contributed by atoms with Crippen LogP contribution in [0.15, 0.2) is 28.3 Å². The fraction of sp³-hybridized carbons (Fsp3) is 0.417. The van der Waals surface area contributed by atoms with Gasteiger partial charge >= 0.3 is 0 Å². The number of aliphatic hydroxyl groups excluding tert-OH is 1. The summed E-state index contributed by atoms with van der Waals surface area (Å²) in [6, 6.07) is 5.97. The third-order valence-corrected chi connectivity index (χ3v) is 4.45. The van der Waals surface area contributed by atoms with E-state index in [2.05, 4.69) is 15.5 Å². The summed E-state index contributed by atoms with van der Waals surface area (Å²) in [5, 5.41) is 22.6. The first-order valence-corrected chi connectivity index (χ1v) is 7.28. The predicted octanol–water partition coefficient (Wildman–Crippen LogP) is 2.87. The summed E-state index contributed by atoms with van der Waals surface area (Å²) in [4.78, 5) is 0.891. The minimum atomic E-state index is -0.520. The number of aliphatic hydroxyl groups is 1. The molecule has 1 atom stereocenters. The molecule has 0 spiro atoms. The summed E-state index contributed by atoms with van der Waals surface area (Å²) in [6.07, 6.45) is 1.74. The fourth-order valence-corrected chi connectivity index (χ4v) is 2.91. The molecule has 1 aromatic heterocycles. The first-order valence-electron chi connectivity index (χ1n) is 6.08. The minimum Gasteiger partial charge on any atom is -0.389 e. The zero-order valence-corrected chi connectivity index (χ0v) is 11.9. The second kappa shape index (κ2) is 5.11. The number of tetrazole rings is 1. The van der Waals surface area contributed by atoms with Crippen LogP contribution in [0.25, 0.3) is 0 Å². The highest BCUT2D eigenvalue weighted by Crippen LogP contribution is 2.39. The molecule has 1 N–H and O–H groups in total. The van der Waals surface area contributed by atoms with E-state index in [9.17, 15) is 5.11 Å². The van der Waals surface area contributed by atoms with E-state index in [1.54, 1.807) is 13.0 Å². The van der Waals surface area contributed by atoms with Crippen molar-refractivity contribution < 1.29 is 5.11 Å². The second-order valence-electron chi connectivity index (χ2n) is 4.61. The van der Waals surface area contributed by atoms with Crippen molar-refractivity contribution in [3.63, 3.8) is 0 Å². The van der Waals surface area contributed by atoms with Gasteiger partial charge in [-0.05, 0) is 59.7 Å². The molecule has 19 heavy (non-hydrogen) atoms. The molecule has 0 saturated heterocycles. The third-order valence-electron chi connectivity index (χ3n) is 2.99. The molecule has 1 aromatic carbocycles. The molecule has 0 amide bonds. The molecule has 1 aliphatic rings. The average molecular weight is 297 g/mol. The first kappa shape index (κ1) is 12.9. The van der Waals surface area contributed by atoms with Crippen LogP contribution < -0.4 is 0 Å². The van der Waals surface area contributed by atoms with E-state index in [1.807, 2.05) is 16.8 Å². The Hall–Kier alpha value is -1.11. The van der Waals surface area contributed by atoms with Gasteiger partial charge in [-0.2, -0.15) is 0 Å². The normalized spacial score (nSPS) is 16.6. The molecular weight excluding hydrogens is 284 g/mol. The van der Waals surface area contributed by atoms with Crippen molar-refractivity contribution in [2.75, 3.05) is 0 Å². The van der Waals surface area contributed by atoms with Gasteiger partial charge in [0.2, 0.25) is 5.16 Å². The number of hydrogen-bond acceptors (Lipinski definition) is 5. The zero-order valence-electron chi connectivity index (χ0n) is 10.3. The predicted molar refractivity (Wildman–Crippen MR) is 72.3 cm³/mol. The van der Waals surface area contributed by atoms with Gasteiger partial charge in [-0.15, -0.1) is 5.10 Å². The zero-order chi connectivity index (χ0) is 13.4. The minimum absolute atomic E-state index is 0.438. The highest BCUT2D eigenvalue weighted by Gasteiger charge is 2.28. The van der Waals surface area contributed by atoms with Crippen LogP contribution in [0.5, 0.6) is 0 Å². The summed E-state index contributed by atoms with van der Waals surface area (Å²) >= 11 is 7.68. The van der Waals surface area contributed by atoms with E-state index in [-0.39, 0.29) is 0 Å². The van der Waals surface area contributed by atoms with Crippen LogP contribution in [-0.4, -0.2) is 25.3 Å². The maximum atomic E-state index is 9.52. The lowest BCUT2D eigenvalue weighted by molar-refractivity contribution is 0.199. The van der Waals surface area contributed by atoms with Gasteiger partial charge in [0.15, 0.2) is 0 Å². The lowest BCUT2D eigenvalue weighted by Gasteiger charge is -2.08. The molecule has 0 bridgehead atoms. The summed E-state index contributed by atoms with van der Waals surface area (Å²) in [6.45, 7) is 1.71. The molecule has 1 saturated carbocycles. The van der Waals surface area contributed by atoms with Gasteiger partial charge in [0.1, 0.15) is 0 Å². The monoisotopic (exact) mass is 296 g/mol. The first-order chi connectivity index (χ1) is 9.15. The summed E-state index contributed by atoms with van der Waals surface area (Å²) in [5.74, 6) is 0. The van der Waals surface area contributed by atoms with Crippen molar-refractivity contribution in [1.82, 2.24) is 20.2 Å². The van der Waals surface area contributed by atoms with E-state index in [4.69, 9.17) is 11.6 Å². The summed E-state index contributed by atoms with van der Waals surface area (Å²) in [7, 11) is 0. The molecule has 100 valence electrons. The van der Waals surface area contributed by atoms with Gasteiger partial charge in [0.05, 0.1) is 17.2 Å². The van der Waals surface area contributed by atoms with Crippen LogP contribution in [0.4, 0.5) is 0 Å². The Morgan fingerprint density at radius 3 is 2.89 bits per heavy atom. The maximum Gasteiger partial charge on any atom is 0.214 e. The largest absolute Gasteiger partial charge is 0.389 e. The highest BCUT2D eigenvalue weighted by atomic mass is 35.5. The standard InChI is InChI=1S/C12H13ClN4OS/c1-7(18)8-2-5-11(10(13)6-8)19-12-14-15-16-17(12)9-3-4-9/h2,5-7,9,18H,3-4H2,1H3/t7-/m0/s1. The average Bonchev–Trinajstić information content (AvgIpc) is 3.12. The molecule has 1 heterocycles. The summed E-state index contributed by atoms with van der Waals surface area (Å²) < 4.78 is 1.85. The number of benzene rings is 1. The third kappa shape index (κ3) is 2.75. The highest BCUT2D eigenvalue weighted by molar-refractivity contribution is 7.99. The van der Waals surface area contributed by atoms with Crippen LogP contribution in [-0.2, 0) is 0 Å². The molecule has 7 heteroatoms. The molecule has 1 fully saturated rings. The van der Waals surface area contributed by atoms with Gasteiger partial charge in [0.25, 0.3) is 0 Å². The van der Waals surface area contributed by atoms with Crippen LogP contribution in [0.2, 0.25) is 5.02 Å². The molecule has 0 unspecified atom stereocenters. The number of aromatic nitrogens is 4. The van der Waals surface area contributed by atoms with Crippen molar-refractivity contribution in [3.05, 3.63) is 28.8 Å². The smallest absolute Gasteiger partial charge is 0.214 e. The topological polar surface area (TPSA) is 63.8 Å². The van der Waals surface area contributed by atoms with Crippen LogP contribution in [0.3, 0.4) is 0 Å². The van der Waals surface area contributed by atoms with Gasteiger partial charge in [-0.1, -0.05) is 17.7 Å². The van der Waals surface area contributed by atoms with Gasteiger partial charge in [0, 0.05) is 4.90 Å². The quantitative estimate of drug-likeness (QED) is 0.940. The van der Waals surface area contributed by atoms with E-state index >= 15 is 0 Å². The van der Waals surface area contributed by atoms with Crippen molar-refractivity contribution in [1.29, 1.82) is 0 Å². The Morgan fingerprint density at radius 2 is 2.26 bits per heavy atom. The SMILES string of the molecule is C[C@H](O)c1ccc(Sc2nnnn2C2CC2)c(Cl)c1. The lowest BCUT2D eigenvalue weighted by Crippen LogP contribution is -1.98. The van der Waals surface area contributed by atoms with Gasteiger partial charge in [-0.3, -0.25) is 0 Å². The Labute approximate surface area is 120 Å². The second-order valence-corrected chi connectivity index (χ2v) is 6.02. The molecule has 2 aromatic rings. The summed E-state index contributed by atoms with van der Waals surface area (Å²) in [5.41, 5.74) is 0.802. The fourth-order valence-electron chi connectivity index (χ4n) is 1.76. The molecular formula is C12H13ClN4OS. The molecule has 0 aliphatic heterocycles. The molecule has 0 radical (unpaired) electrons. The molecule has 5 nitrogen and oxygen atoms in total. The van der Waals surface area contributed by atoms with E-state index in [0.717, 1.165) is 28.5 Å². The number of halogens is 1. The Morgan fingerprint density at radius 1 is 1.47 bits per heavy atom. The molecule has 3 rings (SSSR count). The number of hydrogen-bond donors (Lipinski definition) is 1. The van der Waals surface area contributed by atoms with E-state index < -0.39 is 6.10 Å². The number of rotatable bonds is 4. The maximum absolute atomic E-state index is 9.52. The van der Waals surface area contributed by atoms with Crippen molar-refractivity contribution in [2.45, 2.75) is 42.0 Å². The van der Waals surface area contributed by atoms with Crippen molar-refractivity contribution in [3.8, 4) is 0 Å². The van der Waals surface area contributed by atoms with Crippen molar-refractivity contribution in [2.24, 2.45) is 0 Å². The van der Waals surface area contributed by atoms with E-state index in [0.29, 0.717) is 11.1 Å². The van der Waals surface area contributed by atoms with Gasteiger partial charge < -0.3 is 5.11 Å².